The second-order valence-electron chi connectivity index (χ2n) is 5.54. The van der Waals surface area contributed by atoms with Crippen molar-refractivity contribution in [3.8, 4) is 0 Å². The smallest absolute Gasteiger partial charge is 0.131 e. The lowest BCUT2D eigenvalue weighted by Gasteiger charge is -2.35. The van der Waals surface area contributed by atoms with Gasteiger partial charge in [0.15, 0.2) is 0 Å². The van der Waals surface area contributed by atoms with Gasteiger partial charge in [0.1, 0.15) is 16.2 Å². The van der Waals surface area contributed by atoms with Gasteiger partial charge >= 0.3 is 0 Å². The Morgan fingerprint density at radius 1 is 1.37 bits per heavy atom. The van der Waals surface area contributed by atoms with Crippen LogP contribution in [0.1, 0.15) is 38.4 Å². The molecule has 0 radical (unpaired) electrons. The van der Waals surface area contributed by atoms with E-state index in [1.807, 2.05) is 6.07 Å². The Hall–Kier alpha value is -0.680. The van der Waals surface area contributed by atoms with Gasteiger partial charge < -0.3 is 10.2 Å². The minimum absolute atomic E-state index is 0.561. The molecule has 4 nitrogen and oxygen atoms in total. The Labute approximate surface area is 123 Å². The van der Waals surface area contributed by atoms with Crippen LogP contribution in [0.3, 0.4) is 0 Å². The highest BCUT2D eigenvalue weighted by molar-refractivity contribution is 9.10. The van der Waals surface area contributed by atoms with Crippen LogP contribution in [0, 0.1) is 0 Å². The van der Waals surface area contributed by atoms with Crippen LogP contribution < -0.4 is 5.32 Å². The van der Waals surface area contributed by atoms with Gasteiger partial charge in [-0.15, -0.1) is 0 Å². The van der Waals surface area contributed by atoms with Crippen LogP contribution in [-0.2, 0) is 6.42 Å². The van der Waals surface area contributed by atoms with E-state index in [2.05, 4.69) is 43.0 Å². The van der Waals surface area contributed by atoms with Crippen molar-refractivity contribution in [1.29, 1.82) is 0 Å². The quantitative estimate of drug-likeness (QED) is 0.868. The summed E-state index contributed by atoms with van der Waals surface area (Å²) in [6.07, 6.45) is 6.08. The summed E-state index contributed by atoms with van der Waals surface area (Å²) in [5, 5.41) is 3.60. The van der Waals surface area contributed by atoms with Crippen LogP contribution in [0.5, 0.6) is 0 Å². The molecule has 1 N–H and O–H groups in total. The highest BCUT2D eigenvalue weighted by Gasteiger charge is 2.31. The van der Waals surface area contributed by atoms with Gasteiger partial charge in [-0.3, -0.25) is 0 Å². The molecule has 0 aromatic carbocycles. The summed E-state index contributed by atoms with van der Waals surface area (Å²) in [4.78, 5) is 11.6. The Kier molecular flexibility index (Phi) is 4.03. The predicted molar refractivity (Wildman–Crippen MR) is 80.3 cm³/mol. The molecule has 2 aliphatic rings. The van der Waals surface area contributed by atoms with Crippen LogP contribution in [0.25, 0.3) is 0 Å². The fourth-order valence-corrected chi connectivity index (χ4v) is 3.68. The SMILES string of the molecule is CCc1nc(Br)cc(NC2CCN3CCCC3C2)n1. The molecule has 1 aromatic rings. The molecule has 19 heavy (non-hydrogen) atoms. The number of fused-ring (bicyclic) bond motifs is 1. The number of rotatable bonds is 3. The molecule has 2 fully saturated rings. The Morgan fingerprint density at radius 3 is 3.11 bits per heavy atom. The predicted octanol–water partition coefficient (Wildman–Crippen LogP) is 2.84. The van der Waals surface area contributed by atoms with Gasteiger partial charge in [0.25, 0.3) is 0 Å². The highest BCUT2D eigenvalue weighted by atomic mass is 79.9. The van der Waals surface area contributed by atoms with E-state index in [0.717, 1.165) is 28.7 Å². The van der Waals surface area contributed by atoms with Gasteiger partial charge in [-0.05, 0) is 48.2 Å². The molecule has 0 aliphatic carbocycles. The summed E-state index contributed by atoms with van der Waals surface area (Å²) in [5.74, 6) is 1.87. The zero-order chi connectivity index (χ0) is 13.2. The monoisotopic (exact) mass is 324 g/mol. The first kappa shape index (κ1) is 13.3. The molecule has 0 amide bonds. The zero-order valence-corrected chi connectivity index (χ0v) is 13.0. The van der Waals surface area contributed by atoms with E-state index >= 15 is 0 Å². The van der Waals surface area contributed by atoms with Crippen LogP contribution >= 0.6 is 15.9 Å². The molecule has 3 rings (SSSR count). The third-order valence-corrected chi connectivity index (χ3v) is 4.64. The molecule has 0 bridgehead atoms. The number of anilines is 1. The molecule has 2 atom stereocenters. The maximum absolute atomic E-state index is 4.57. The Morgan fingerprint density at radius 2 is 2.26 bits per heavy atom. The fraction of sp³-hybridized carbons (Fsp3) is 0.714. The minimum atomic E-state index is 0.561. The summed E-state index contributed by atoms with van der Waals surface area (Å²) >= 11 is 3.46. The summed E-state index contributed by atoms with van der Waals surface area (Å²) < 4.78 is 0.875. The van der Waals surface area contributed by atoms with Gasteiger partial charge in [-0.25, -0.2) is 9.97 Å². The summed E-state index contributed by atoms with van der Waals surface area (Å²) in [5.41, 5.74) is 0. The number of halogens is 1. The van der Waals surface area contributed by atoms with Gasteiger partial charge in [0.05, 0.1) is 0 Å². The lowest BCUT2D eigenvalue weighted by Crippen LogP contribution is -2.42. The topological polar surface area (TPSA) is 41.1 Å². The molecule has 0 saturated carbocycles. The summed E-state index contributed by atoms with van der Waals surface area (Å²) in [6, 6.07) is 3.34. The van der Waals surface area contributed by atoms with E-state index in [-0.39, 0.29) is 0 Å². The number of aryl methyl sites for hydroxylation is 1. The summed E-state index contributed by atoms with van der Waals surface area (Å²) in [6.45, 7) is 4.62. The van der Waals surface area contributed by atoms with Crippen molar-refractivity contribution in [3.63, 3.8) is 0 Å². The van der Waals surface area contributed by atoms with Gasteiger partial charge in [-0.2, -0.15) is 0 Å². The minimum Gasteiger partial charge on any atom is -0.367 e. The van der Waals surface area contributed by atoms with E-state index in [4.69, 9.17) is 0 Å². The molecule has 104 valence electrons. The first-order chi connectivity index (χ1) is 9.24. The van der Waals surface area contributed by atoms with E-state index in [9.17, 15) is 0 Å². The average Bonchev–Trinajstić information content (AvgIpc) is 2.85. The molecule has 1 aromatic heterocycles. The largest absolute Gasteiger partial charge is 0.367 e. The van der Waals surface area contributed by atoms with E-state index in [1.165, 1.54) is 38.8 Å². The molecule has 0 spiro atoms. The van der Waals surface area contributed by atoms with Crippen LogP contribution in [-0.4, -0.2) is 40.0 Å². The molecule has 5 heteroatoms. The molecular weight excluding hydrogens is 304 g/mol. The molecule has 2 saturated heterocycles. The van der Waals surface area contributed by atoms with Crippen molar-refractivity contribution in [2.45, 2.75) is 51.1 Å². The van der Waals surface area contributed by atoms with Crippen molar-refractivity contribution in [2.24, 2.45) is 0 Å². The second kappa shape index (κ2) is 5.75. The lowest BCUT2D eigenvalue weighted by atomic mass is 9.97. The highest BCUT2D eigenvalue weighted by Crippen LogP contribution is 2.28. The van der Waals surface area contributed by atoms with Crippen molar-refractivity contribution in [2.75, 3.05) is 18.4 Å². The number of piperidine rings is 1. The lowest BCUT2D eigenvalue weighted by molar-refractivity contribution is 0.188. The Balaban J connectivity index is 1.66. The third kappa shape index (κ3) is 3.08. The number of nitrogens with zero attached hydrogens (tertiary/aromatic N) is 3. The van der Waals surface area contributed by atoms with Crippen LogP contribution in [0.2, 0.25) is 0 Å². The average molecular weight is 325 g/mol. The number of hydrogen-bond acceptors (Lipinski definition) is 4. The third-order valence-electron chi connectivity index (χ3n) is 4.23. The van der Waals surface area contributed by atoms with Crippen molar-refractivity contribution < 1.29 is 0 Å². The number of nitrogens with one attached hydrogen (secondary N) is 1. The maximum atomic E-state index is 4.57. The zero-order valence-electron chi connectivity index (χ0n) is 11.4. The van der Waals surface area contributed by atoms with E-state index < -0.39 is 0 Å². The van der Waals surface area contributed by atoms with Crippen molar-refractivity contribution >= 4 is 21.7 Å². The van der Waals surface area contributed by atoms with Crippen LogP contribution in [0.15, 0.2) is 10.7 Å². The Bertz CT molecular complexity index is 451. The number of aromatic nitrogens is 2. The van der Waals surface area contributed by atoms with E-state index in [1.54, 1.807) is 0 Å². The van der Waals surface area contributed by atoms with Crippen LogP contribution in [0.4, 0.5) is 5.82 Å². The standard InChI is InChI=1S/C14H21BrN4/c1-2-13-17-12(15)9-14(18-13)16-10-5-7-19-6-3-4-11(19)8-10/h9-11H,2-8H2,1H3,(H,16,17,18). The first-order valence-corrected chi connectivity index (χ1v) is 8.08. The second-order valence-corrected chi connectivity index (χ2v) is 6.36. The first-order valence-electron chi connectivity index (χ1n) is 7.28. The summed E-state index contributed by atoms with van der Waals surface area (Å²) in [7, 11) is 0. The van der Waals surface area contributed by atoms with E-state index in [0.29, 0.717) is 6.04 Å². The molecule has 3 heterocycles. The van der Waals surface area contributed by atoms with Crippen molar-refractivity contribution in [3.05, 3.63) is 16.5 Å². The van der Waals surface area contributed by atoms with Gasteiger partial charge in [-0.1, -0.05) is 6.92 Å². The molecular formula is C14H21BrN4. The molecule has 2 aliphatic heterocycles. The maximum Gasteiger partial charge on any atom is 0.131 e. The van der Waals surface area contributed by atoms with Crippen molar-refractivity contribution in [1.82, 2.24) is 14.9 Å². The number of hydrogen-bond donors (Lipinski definition) is 1. The fourth-order valence-electron chi connectivity index (χ4n) is 3.26. The molecule has 2 unspecified atom stereocenters. The van der Waals surface area contributed by atoms with Gasteiger partial charge in [0, 0.05) is 31.1 Å². The van der Waals surface area contributed by atoms with Gasteiger partial charge in [0.2, 0.25) is 0 Å². The normalized spacial score (nSPS) is 27.3.